The minimum Gasteiger partial charge on any atom is -0.457 e. The van der Waals surface area contributed by atoms with E-state index in [1.54, 1.807) is 12.4 Å². The van der Waals surface area contributed by atoms with Crippen LogP contribution in [-0.2, 0) is 12.8 Å². The van der Waals surface area contributed by atoms with Crippen molar-refractivity contribution in [3.05, 3.63) is 110 Å². The number of aryl methyl sites for hydroxylation is 2. The van der Waals surface area contributed by atoms with Gasteiger partial charge in [0.1, 0.15) is 11.5 Å². The second-order valence-electron chi connectivity index (χ2n) is 7.90. The van der Waals surface area contributed by atoms with Gasteiger partial charge in [0, 0.05) is 41.6 Å². The van der Waals surface area contributed by atoms with Crippen LogP contribution in [0.5, 0.6) is 11.5 Å². The predicted molar refractivity (Wildman–Crippen MR) is 132 cm³/mol. The molecule has 0 bridgehead atoms. The Kier molecular flexibility index (Phi) is 7.05. The van der Waals surface area contributed by atoms with Crippen LogP contribution in [0.25, 0.3) is 0 Å². The highest BCUT2D eigenvalue weighted by Gasteiger charge is 2.05. The lowest BCUT2D eigenvalue weighted by Gasteiger charge is -2.09. The Bertz CT molecular complexity index is 1290. The Hall–Kier alpha value is -3.64. The Balaban J connectivity index is 1.29. The van der Waals surface area contributed by atoms with E-state index < -0.39 is 0 Å². The maximum atomic E-state index is 12.4. The smallest absolute Gasteiger partial charge is 0.255 e. The number of nitrogens with zero attached hydrogens (tertiary/aromatic N) is 2. The molecule has 0 aliphatic carbocycles. The van der Waals surface area contributed by atoms with Gasteiger partial charge in [0.2, 0.25) is 5.95 Å². The Morgan fingerprint density at radius 3 is 2.39 bits per heavy atom. The molecule has 0 saturated carbocycles. The highest BCUT2D eigenvalue weighted by Crippen LogP contribution is 2.26. The first-order valence-electron chi connectivity index (χ1n) is 10.7. The Morgan fingerprint density at radius 2 is 1.70 bits per heavy atom. The normalized spacial score (nSPS) is 10.8. The maximum absolute atomic E-state index is 12.4. The molecule has 2 heterocycles. The summed E-state index contributed by atoms with van der Waals surface area (Å²) in [5.74, 6) is 1.98. The molecule has 0 aliphatic heterocycles. The first-order chi connectivity index (χ1) is 16.0. The van der Waals surface area contributed by atoms with Gasteiger partial charge in [-0.05, 0) is 73.4 Å². The standard InChI is InChI=1S/C26H25ClN4O2/c1-17-13-23(9-10-24(17)27)33-22-7-5-19(6-8-22)11-12-28-26-30-16-21(25(32)31-26)14-20-4-3-18(2)29-15-20/h3-10,13,15-16H,11-12,14H2,1-2H3,(H2,28,30,31,32). The molecule has 0 saturated heterocycles. The molecule has 4 aromatic rings. The van der Waals surface area contributed by atoms with Crippen LogP contribution in [0.4, 0.5) is 5.95 Å². The van der Waals surface area contributed by atoms with Gasteiger partial charge < -0.3 is 10.1 Å². The van der Waals surface area contributed by atoms with Crippen LogP contribution < -0.4 is 15.6 Å². The van der Waals surface area contributed by atoms with Gasteiger partial charge in [-0.1, -0.05) is 29.8 Å². The van der Waals surface area contributed by atoms with Crippen molar-refractivity contribution in [2.75, 3.05) is 11.9 Å². The predicted octanol–water partition coefficient (Wildman–Crippen LogP) is 5.47. The topological polar surface area (TPSA) is 79.9 Å². The molecule has 4 rings (SSSR count). The van der Waals surface area contributed by atoms with Gasteiger partial charge >= 0.3 is 0 Å². The summed E-state index contributed by atoms with van der Waals surface area (Å²) >= 11 is 6.06. The third kappa shape index (κ3) is 6.20. The maximum Gasteiger partial charge on any atom is 0.255 e. The number of hydrogen-bond donors (Lipinski definition) is 2. The summed E-state index contributed by atoms with van der Waals surface area (Å²) in [6, 6.07) is 17.4. The van der Waals surface area contributed by atoms with Crippen LogP contribution in [0.1, 0.15) is 27.9 Å². The van der Waals surface area contributed by atoms with E-state index in [1.165, 1.54) is 0 Å². The van der Waals surface area contributed by atoms with E-state index in [-0.39, 0.29) is 5.56 Å². The quantitative estimate of drug-likeness (QED) is 0.364. The zero-order valence-electron chi connectivity index (χ0n) is 18.6. The lowest BCUT2D eigenvalue weighted by Crippen LogP contribution is -2.18. The zero-order valence-corrected chi connectivity index (χ0v) is 19.3. The van der Waals surface area contributed by atoms with E-state index in [0.29, 0.717) is 24.5 Å². The number of aromatic nitrogens is 3. The molecule has 0 spiro atoms. The number of rotatable bonds is 8. The molecule has 0 amide bonds. The molecule has 0 fully saturated rings. The number of H-pyrrole nitrogens is 1. The van der Waals surface area contributed by atoms with Crippen molar-refractivity contribution in [2.24, 2.45) is 0 Å². The average Bonchev–Trinajstić information content (AvgIpc) is 2.81. The number of pyridine rings is 1. The molecular formula is C26H25ClN4O2. The molecular weight excluding hydrogens is 436 g/mol. The van der Waals surface area contributed by atoms with Gasteiger partial charge in [0.25, 0.3) is 5.56 Å². The number of benzene rings is 2. The van der Waals surface area contributed by atoms with Gasteiger partial charge in [0.05, 0.1) is 0 Å². The summed E-state index contributed by atoms with van der Waals surface area (Å²) in [7, 11) is 0. The van der Waals surface area contributed by atoms with Crippen molar-refractivity contribution in [1.82, 2.24) is 15.0 Å². The number of nitrogens with one attached hydrogen (secondary N) is 2. The first kappa shape index (κ1) is 22.6. The van der Waals surface area contributed by atoms with Gasteiger partial charge in [-0.2, -0.15) is 0 Å². The first-order valence-corrected chi connectivity index (χ1v) is 11.1. The van der Waals surface area contributed by atoms with Crippen LogP contribution in [0.15, 0.2) is 71.8 Å². The van der Waals surface area contributed by atoms with E-state index in [4.69, 9.17) is 16.3 Å². The summed E-state index contributed by atoms with van der Waals surface area (Å²) in [5.41, 5.74) is 4.51. The minimum atomic E-state index is -0.146. The van der Waals surface area contributed by atoms with E-state index in [9.17, 15) is 4.79 Å². The summed E-state index contributed by atoms with van der Waals surface area (Å²) in [6.45, 7) is 4.52. The number of hydrogen-bond acceptors (Lipinski definition) is 5. The van der Waals surface area contributed by atoms with Gasteiger partial charge in [-0.25, -0.2) is 4.98 Å². The summed E-state index contributed by atoms with van der Waals surface area (Å²) in [5, 5.41) is 3.90. The second-order valence-corrected chi connectivity index (χ2v) is 8.31. The molecule has 7 heteroatoms. The fraction of sp³-hybridized carbons (Fsp3) is 0.192. The van der Waals surface area contributed by atoms with Crippen LogP contribution in [0, 0.1) is 13.8 Å². The largest absolute Gasteiger partial charge is 0.457 e. The van der Waals surface area contributed by atoms with Gasteiger partial charge in [-0.3, -0.25) is 14.8 Å². The van der Waals surface area contributed by atoms with E-state index >= 15 is 0 Å². The highest BCUT2D eigenvalue weighted by molar-refractivity contribution is 6.31. The Morgan fingerprint density at radius 1 is 0.939 bits per heavy atom. The summed E-state index contributed by atoms with van der Waals surface area (Å²) in [6.07, 6.45) is 4.68. The summed E-state index contributed by atoms with van der Waals surface area (Å²) < 4.78 is 5.89. The zero-order chi connectivity index (χ0) is 23.2. The van der Waals surface area contributed by atoms with Crippen LogP contribution >= 0.6 is 11.6 Å². The van der Waals surface area contributed by atoms with E-state index in [2.05, 4.69) is 20.3 Å². The monoisotopic (exact) mass is 460 g/mol. The van der Waals surface area contributed by atoms with Crippen molar-refractivity contribution in [3.63, 3.8) is 0 Å². The fourth-order valence-corrected chi connectivity index (χ4v) is 3.44. The SMILES string of the molecule is Cc1ccc(Cc2cnc(NCCc3ccc(Oc4ccc(Cl)c(C)c4)cc3)[nH]c2=O)cn1. The molecule has 2 aromatic heterocycles. The number of anilines is 1. The van der Waals surface area contributed by atoms with Crippen molar-refractivity contribution in [1.29, 1.82) is 0 Å². The third-order valence-electron chi connectivity index (χ3n) is 5.23. The molecule has 0 radical (unpaired) electrons. The average molecular weight is 461 g/mol. The van der Waals surface area contributed by atoms with E-state index in [0.717, 1.165) is 45.3 Å². The molecule has 33 heavy (non-hydrogen) atoms. The van der Waals surface area contributed by atoms with Crippen LogP contribution in [0.3, 0.4) is 0 Å². The van der Waals surface area contributed by atoms with Crippen LogP contribution in [-0.4, -0.2) is 21.5 Å². The molecule has 0 unspecified atom stereocenters. The summed E-state index contributed by atoms with van der Waals surface area (Å²) in [4.78, 5) is 23.8. The number of aromatic amines is 1. The van der Waals surface area contributed by atoms with Gasteiger partial charge in [0.15, 0.2) is 0 Å². The van der Waals surface area contributed by atoms with E-state index in [1.807, 2.05) is 68.4 Å². The van der Waals surface area contributed by atoms with Crippen LogP contribution in [0.2, 0.25) is 5.02 Å². The molecule has 168 valence electrons. The fourth-order valence-electron chi connectivity index (χ4n) is 3.33. The number of ether oxygens (including phenoxy) is 1. The molecule has 0 atom stereocenters. The molecule has 2 N–H and O–H groups in total. The lowest BCUT2D eigenvalue weighted by atomic mass is 10.1. The van der Waals surface area contributed by atoms with Crippen molar-refractivity contribution < 1.29 is 4.74 Å². The van der Waals surface area contributed by atoms with Gasteiger partial charge in [-0.15, -0.1) is 0 Å². The third-order valence-corrected chi connectivity index (χ3v) is 5.66. The molecule has 2 aromatic carbocycles. The van der Waals surface area contributed by atoms with Crippen molar-refractivity contribution in [3.8, 4) is 11.5 Å². The number of halogens is 1. The molecule has 0 aliphatic rings. The lowest BCUT2D eigenvalue weighted by molar-refractivity contribution is 0.482. The molecule has 6 nitrogen and oxygen atoms in total. The second kappa shape index (κ2) is 10.3. The minimum absolute atomic E-state index is 0.146. The van der Waals surface area contributed by atoms with Crippen molar-refractivity contribution in [2.45, 2.75) is 26.7 Å². The highest BCUT2D eigenvalue weighted by atomic mass is 35.5. The Labute approximate surface area is 197 Å². The van der Waals surface area contributed by atoms with Crippen molar-refractivity contribution >= 4 is 17.5 Å².